The molecule has 1 aromatic rings. The minimum Gasteiger partial charge on any atom is -0.494 e. The zero-order chi connectivity index (χ0) is 14.2. The molecule has 2 rings (SSSR count). The summed E-state index contributed by atoms with van der Waals surface area (Å²) in [6.07, 6.45) is 9.54. The van der Waals surface area contributed by atoms with Crippen LogP contribution in [0.5, 0.6) is 5.75 Å². The fourth-order valence-corrected chi connectivity index (χ4v) is 2.89. The molecule has 110 valence electrons. The molecule has 1 saturated carbocycles. The van der Waals surface area contributed by atoms with Gasteiger partial charge in [-0.3, -0.25) is 0 Å². The first-order chi connectivity index (χ1) is 9.83. The van der Waals surface area contributed by atoms with Gasteiger partial charge in [0.25, 0.3) is 0 Å². The van der Waals surface area contributed by atoms with Crippen LogP contribution in [0.3, 0.4) is 0 Å². The molecule has 0 heterocycles. The summed E-state index contributed by atoms with van der Waals surface area (Å²) in [4.78, 5) is 0. The lowest BCUT2D eigenvalue weighted by molar-refractivity contribution is 0.295. The molecule has 0 bridgehead atoms. The van der Waals surface area contributed by atoms with Gasteiger partial charge in [0.2, 0.25) is 0 Å². The summed E-state index contributed by atoms with van der Waals surface area (Å²) in [5, 5.41) is 9.65. The number of aliphatic hydroxyl groups is 1. The van der Waals surface area contributed by atoms with Crippen molar-refractivity contribution in [3.05, 3.63) is 35.4 Å². The second-order valence-electron chi connectivity index (χ2n) is 5.63. The van der Waals surface area contributed by atoms with Crippen LogP contribution in [0.1, 0.15) is 51.0 Å². The molecule has 1 fully saturated rings. The van der Waals surface area contributed by atoms with Crippen LogP contribution < -0.4 is 4.74 Å². The van der Waals surface area contributed by atoms with E-state index < -0.39 is 0 Å². The molecular weight excluding hydrogens is 248 g/mol. The minimum atomic E-state index is 0.171. The van der Waals surface area contributed by atoms with Crippen molar-refractivity contribution in [1.82, 2.24) is 0 Å². The Hall–Kier alpha value is -1.28. The van der Waals surface area contributed by atoms with Gasteiger partial charge in [0.15, 0.2) is 0 Å². The summed E-state index contributed by atoms with van der Waals surface area (Å²) >= 11 is 0. The van der Waals surface area contributed by atoms with Gasteiger partial charge < -0.3 is 9.84 Å². The van der Waals surface area contributed by atoms with Gasteiger partial charge in [0.1, 0.15) is 5.75 Å². The van der Waals surface area contributed by atoms with Crippen molar-refractivity contribution in [3.63, 3.8) is 0 Å². The standard InChI is InChI=1S/C18H26O2/c1-2-11-20-18-10-6-7-15(13-18)12-17(14-19)16-8-4-3-5-9-16/h6-7,10,12-13,16,19H,2-5,8-9,11,14H2,1H3/b17-12-. The lowest BCUT2D eigenvalue weighted by Crippen LogP contribution is -2.11. The number of ether oxygens (including phenoxy) is 1. The predicted octanol–water partition coefficient (Wildman–Crippen LogP) is 4.43. The average Bonchev–Trinajstić information content (AvgIpc) is 2.52. The highest BCUT2D eigenvalue weighted by Crippen LogP contribution is 2.31. The molecule has 0 atom stereocenters. The fraction of sp³-hybridized carbons (Fsp3) is 0.556. The molecule has 2 heteroatoms. The number of hydrogen-bond acceptors (Lipinski definition) is 2. The lowest BCUT2D eigenvalue weighted by atomic mass is 9.83. The largest absolute Gasteiger partial charge is 0.494 e. The number of benzene rings is 1. The molecule has 0 aromatic heterocycles. The average molecular weight is 274 g/mol. The number of aliphatic hydroxyl groups excluding tert-OH is 1. The van der Waals surface area contributed by atoms with Crippen molar-refractivity contribution >= 4 is 6.08 Å². The Kier molecular flexibility index (Phi) is 6.13. The van der Waals surface area contributed by atoms with E-state index in [1.54, 1.807) is 0 Å². The first kappa shape index (κ1) is 15.1. The monoisotopic (exact) mass is 274 g/mol. The van der Waals surface area contributed by atoms with E-state index in [0.29, 0.717) is 5.92 Å². The molecule has 0 amide bonds. The Morgan fingerprint density at radius 3 is 2.80 bits per heavy atom. The van der Waals surface area contributed by atoms with E-state index >= 15 is 0 Å². The number of hydrogen-bond donors (Lipinski definition) is 1. The van der Waals surface area contributed by atoms with E-state index in [0.717, 1.165) is 24.3 Å². The highest BCUT2D eigenvalue weighted by molar-refractivity contribution is 5.55. The lowest BCUT2D eigenvalue weighted by Gasteiger charge is -2.23. The summed E-state index contributed by atoms with van der Waals surface area (Å²) in [6, 6.07) is 8.16. The first-order valence-corrected chi connectivity index (χ1v) is 7.87. The molecule has 1 aromatic carbocycles. The smallest absolute Gasteiger partial charge is 0.119 e. The third-order valence-electron chi connectivity index (χ3n) is 4.00. The van der Waals surface area contributed by atoms with Gasteiger partial charge in [-0.2, -0.15) is 0 Å². The Bertz CT molecular complexity index is 431. The molecule has 1 aliphatic rings. The first-order valence-electron chi connectivity index (χ1n) is 7.87. The molecule has 0 aliphatic heterocycles. The summed E-state index contributed by atoms with van der Waals surface area (Å²) in [5.74, 6) is 1.48. The van der Waals surface area contributed by atoms with E-state index in [-0.39, 0.29) is 6.61 Å². The fourth-order valence-electron chi connectivity index (χ4n) is 2.89. The van der Waals surface area contributed by atoms with Crippen LogP contribution in [0.15, 0.2) is 29.8 Å². The van der Waals surface area contributed by atoms with Crippen LogP contribution in [-0.2, 0) is 0 Å². The molecular formula is C18H26O2. The summed E-state index contributed by atoms with van der Waals surface area (Å²) in [6.45, 7) is 3.03. The summed E-state index contributed by atoms with van der Waals surface area (Å²) in [5.41, 5.74) is 2.31. The topological polar surface area (TPSA) is 29.5 Å². The zero-order valence-corrected chi connectivity index (χ0v) is 12.5. The SMILES string of the molecule is CCCOc1cccc(/C=C(/CO)C2CCCCC2)c1. The molecule has 2 nitrogen and oxygen atoms in total. The van der Waals surface area contributed by atoms with Crippen LogP contribution in [-0.4, -0.2) is 18.3 Å². The van der Waals surface area contributed by atoms with Gasteiger partial charge in [0.05, 0.1) is 13.2 Å². The van der Waals surface area contributed by atoms with Crippen LogP contribution in [0.2, 0.25) is 0 Å². The maximum atomic E-state index is 9.65. The second kappa shape index (κ2) is 8.11. The Labute approximate surface area is 122 Å². The Morgan fingerprint density at radius 1 is 1.30 bits per heavy atom. The van der Waals surface area contributed by atoms with Crippen LogP contribution >= 0.6 is 0 Å². The molecule has 0 saturated heterocycles. The van der Waals surface area contributed by atoms with Crippen molar-refractivity contribution in [2.45, 2.75) is 45.4 Å². The van der Waals surface area contributed by atoms with E-state index in [4.69, 9.17) is 4.74 Å². The highest BCUT2D eigenvalue weighted by Gasteiger charge is 2.17. The van der Waals surface area contributed by atoms with Crippen molar-refractivity contribution in [2.24, 2.45) is 5.92 Å². The molecule has 1 aliphatic carbocycles. The van der Waals surface area contributed by atoms with Crippen molar-refractivity contribution in [2.75, 3.05) is 13.2 Å². The van der Waals surface area contributed by atoms with Crippen molar-refractivity contribution in [1.29, 1.82) is 0 Å². The van der Waals surface area contributed by atoms with Crippen molar-refractivity contribution in [3.8, 4) is 5.75 Å². The van der Waals surface area contributed by atoms with Gasteiger partial charge in [-0.05, 0) is 48.4 Å². The third kappa shape index (κ3) is 4.38. The van der Waals surface area contributed by atoms with E-state index in [1.165, 1.54) is 37.7 Å². The van der Waals surface area contributed by atoms with Gasteiger partial charge in [0, 0.05) is 0 Å². The van der Waals surface area contributed by atoms with E-state index in [9.17, 15) is 5.11 Å². The van der Waals surface area contributed by atoms with Crippen LogP contribution in [0.25, 0.3) is 6.08 Å². The molecule has 20 heavy (non-hydrogen) atoms. The normalized spacial score (nSPS) is 17.2. The Morgan fingerprint density at radius 2 is 2.10 bits per heavy atom. The Balaban J connectivity index is 2.09. The molecule has 0 radical (unpaired) electrons. The van der Waals surface area contributed by atoms with Crippen LogP contribution in [0.4, 0.5) is 0 Å². The summed E-state index contributed by atoms with van der Waals surface area (Å²) < 4.78 is 5.66. The highest BCUT2D eigenvalue weighted by atomic mass is 16.5. The van der Waals surface area contributed by atoms with E-state index in [1.807, 2.05) is 12.1 Å². The molecule has 1 N–H and O–H groups in total. The van der Waals surface area contributed by atoms with Gasteiger partial charge in [-0.1, -0.05) is 44.4 Å². The maximum absolute atomic E-state index is 9.65. The van der Waals surface area contributed by atoms with Gasteiger partial charge in [-0.25, -0.2) is 0 Å². The minimum absolute atomic E-state index is 0.171. The number of rotatable bonds is 6. The summed E-state index contributed by atoms with van der Waals surface area (Å²) in [7, 11) is 0. The maximum Gasteiger partial charge on any atom is 0.119 e. The second-order valence-corrected chi connectivity index (χ2v) is 5.63. The van der Waals surface area contributed by atoms with Crippen molar-refractivity contribution < 1.29 is 9.84 Å². The van der Waals surface area contributed by atoms with Crippen LogP contribution in [0, 0.1) is 5.92 Å². The quantitative estimate of drug-likeness (QED) is 0.831. The van der Waals surface area contributed by atoms with Gasteiger partial charge >= 0.3 is 0 Å². The van der Waals surface area contributed by atoms with Gasteiger partial charge in [-0.15, -0.1) is 0 Å². The van der Waals surface area contributed by atoms with E-state index in [2.05, 4.69) is 25.1 Å². The third-order valence-corrected chi connectivity index (χ3v) is 4.00. The molecule has 0 unspecified atom stereocenters. The molecule has 0 spiro atoms. The predicted molar refractivity (Wildman–Crippen MR) is 83.9 cm³/mol. The zero-order valence-electron chi connectivity index (χ0n) is 12.5.